The van der Waals surface area contributed by atoms with Crippen LogP contribution in [-0.4, -0.2) is 6.29 Å². The summed E-state index contributed by atoms with van der Waals surface area (Å²) in [6.45, 7) is 10.8. The van der Waals surface area contributed by atoms with Crippen molar-refractivity contribution in [2.75, 3.05) is 0 Å². The number of ether oxygens (including phenoxy) is 1. The molecule has 1 aliphatic rings. The Labute approximate surface area is 167 Å². The average Bonchev–Trinajstić information content (AvgIpc) is 2.73. The van der Waals surface area contributed by atoms with E-state index in [1.165, 1.54) is 16.7 Å². The van der Waals surface area contributed by atoms with E-state index in [1.807, 2.05) is 24.3 Å². The summed E-state index contributed by atoms with van der Waals surface area (Å²) in [5.74, 6) is 1.34. The third-order valence-electron chi connectivity index (χ3n) is 6.07. The number of benzene rings is 2. The number of fused-ring (bicyclic) bond motifs is 1. The predicted molar refractivity (Wildman–Crippen MR) is 111 cm³/mol. The zero-order valence-corrected chi connectivity index (χ0v) is 16.9. The zero-order valence-electron chi connectivity index (χ0n) is 16.9. The molecule has 0 radical (unpaired) electrons. The van der Waals surface area contributed by atoms with E-state index in [9.17, 15) is 10.1 Å². The highest BCUT2D eigenvalue weighted by Gasteiger charge is 2.33. The van der Waals surface area contributed by atoms with Gasteiger partial charge in [0.15, 0.2) is 0 Å². The molecule has 0 heterocycles. The van der Waals surface area contributed by atoms with Crippen LogP contribution in [0.2, 0.25) is 0 Å². The van der Waals surface area contributed by atoms with Gasteiger partial charge in [0.05, 0.1) is 11.6 Å². The van der Waals surface area contributed by atoms with Gasteiger partial charge in [0, 0.05) is 5.56 Å². The highest BCUT2D eigenvalue weighted by Crippen LogP contribution is 2.46. The molecule has 3 nitrogen and oxygen atoms in total. The van der Waals surface area contributed by atoms with Crippen molar-refractivity contribution in [2.45, 2.75) is 52.6 Å². The van der Waals surface area contributed by atoms with Gasteiger partial charge in [0.25, 0.3) is 0 Å². The van der Waals surface area contributed by atoms with Gasteiger partial charge >= 0.3 is 0 Å². The van der Waals surface area contributed by atoms with Crippen molar-refractivity contribution in [1.29, 1.82) is 5.26 Å². The van der Waals surface area contributed by atoms with Crippen molar-refractivity contribution >= 4 is 6.29 Å². The second-order valence-corrected chi connectivity index (χ2v) is 7.62. The standard InChI is InChI=1S/C25H27NO2/c1-5-21-22(17(3)14-27)10-11-23-16(2)12-24(18(4)25(21)23)28-15-20-9-7-6-8-19(20)13-26/h6-9,12,14,21-22H,3,5,10-11,15H2,1-2,4H3/t21-,22+/m1/s1. The largest absolute Gasteiger partial charge is 0.489 e. The van der Waals surface area contributed by atoms with Crippen LogP contribution in [0.25, 0.3) is 0 Å². The summed E-state index contributed by atoms with van der Waals surface area (Å²) in [6.07, 6.45) is 3.82. The Kier molecular flexibility index (Phi) is 5.99. The third-order valence-corrected chi connectivity index (χ3v) is 6.07. The summed E-state index contributed by atoms with van der Waals surface area (Å²) in [5, 5.41) is 9.30. The van der Waals surface area contributed by atoms with Crippen molar-refractivity contribution in [3.63, 3.8) is 0 Å². The molecule has 0 unspecified atom stereocenters. The number of nitrogens with zero attached hydrogens (tertiary/aromatic N) is 1. The van der Waals surface area contributed by atoms with Crippen molar-refractivity contribution in [3.8, 4) is 11.8 Å². The van der Waals surface area contributed by atoms with Crippen LogP contribution in [0.1, 0.15) is 59.1 Å². The number of hydrogen-bond donors (Lipinski definition) is 0. The van der Waals surface area contributed by atoms with E-state index < -0.39 is 0 Å². The highest BCUT2D eigenvalue weighted by molar-refractivity contribution is 5.73. The first-order valence-electron chi connectivity index (χ1n) is 9.89. The van der Waals surface area contributed by atoms with Gasteiger partial charge in [-0.2, -0.15) is 5.26 Å². The van der Waals surface area contributed by atoms with Crippen LogP contribution in [0.15, 0.2) is 42.5 Å². The van der Waals surface area contributed by atoms with Gasteiger partial charge in [-0.3, -0.25) is 4.79 Å². The van der Waals surface area contributed by atoms with Crippen LogP contribution in [0, 0.1) is 31.1 Å². The third kappa shape index (κ3) is 3.60. The van der Waals surface area contributed by atoms with E-state index in [-0.39, 0.29) is 11.8 Å². The topological polar surface area (TPSA) is 50.1 Å². The Morgan fingerprint density at radius 3 is 2.79 bits per heavy atom. The van der Waals surface area contributed by atoms with Crippen LogP contribution in [0.3, 0.4) is 0 Å². The quantitative estimate of drug-likeness (QED) is 0.492. The summed E-state index contributed by atoms with van der Waals surface area (Å²) >= 11 is 0. The molecule has 0 fully saturated rings. The normalized spacial score (nSPS) is 18.1. The second-order valence-electron chi connectivity index (χ2n) is 7.62. The van der Waals surface area contributed by atoms with E-state index >= 15 is 0 Å². The Morgan fingerprint density at radius 2 is 2.11 bits per heavy atom. The van der Waals surface area contributed by atoms with Crippen molar-refractivity contribution in [3.05, 3.63) is 75.9 Å². The van der Waals surface area contributed by atoms with Crippen molar-refractivity contribution in [1.82, 2.24) is 0 Å². The number of carbonyl (C=O) groups excluding carboxylic acids is 1. The molecule has 0 saturated heterocycles. The lowest BCUT2D eigenvalue weighted by molar-refractivity contribution is -0.105. The van der Waals surface area contributed by atoms with Crippen LogP contribution < -0.4 is 4.74 Å². The van der Waals surface area contributed by atoms with E-state index in [0.29, 0.717) is 17.7 Å². The van der Waals surface area contributed by atoms with Gasteiger partial charge < -0.3 is 4.74 Å². The smallest absolute Gasteiger partial charge is 0.145 e. The molecule has 0 saturated carbocycles. The summed E-state index contributed by atoms with van der Waals surface area (Å²) < 4.78 is 6.18. The molecule has 144 valence electrons. The van der Waals surface area contributed by atoms with Crippen LogP contribution in [0.4, 0.5) is 0 Å². The summed E-state index contributed by atoms with van der Waals surface area (Å²) in [6, 6.07) is 11.9. The van der Waals surface area contributed by atoms with Crippen molar-refractivity contribution < 1.29 is 9.53 Å². The lowest BCUT2D eigenvalue weighted by Gasteiger charge is -2.36. The number of allylic oxidation sites excluding steroid dienone is 1. The number of aldehydes is 1. The van der Waals surface area contributed by atoms with E-state index in [1.54, 1.807) is 0 Å². The average molecular weight is 373 g/mol. The van der Waals surface area contributed by atoms with E-state index in [4.69, 9.17) is 4.74 Å². The lowest BCUT2D eigenvalue weighted by atomic mass is 9.69. The fourth-order valence-electron chi connectivity index (χ4n) is 4.58. The number of carbonyl (C=O) groups is 1. The molecule has 0 aromatic heterocycles. The van der Waals surface area contributed by atoms with Gasteiger partial charge in [-0.1, -0.05) is 31.7 Å². The maximum atomic E-state index is 11.4. The van der Waals surface area contributed by atoms with Gasteiger partial charge in [0.1, 0.15) is 18.6 Å². The maximum absolute atomic E-state index is 11.4. The minimum atomic E-state index is 0.197. The van der Waals surface area contributed by atoms with Gasteiger partial charge in [-0.05, 0) is 84.9 Å². The van der Waals surface area contributed by atoms with E-state index in [0.717, 1.165) is 42.4 Å². The number of nitriles is 1. The van der Waals surface area contributed by atoms with Gasteiger partial charge in [-0.25, -0.2) is 0 Å². The highest BCUT2D eigenvalue weighted by atomic mass is 16.5. The van der Waals surface area contributed by atoms with E-state index in [2.05, 4.69) is 39.5 Å². The Morgan fingerprint density at radius 1 is 1.36 bits per heavy atom. The molecule has 0 N–H and O–H groups in total. The molecule has 1 aliphatic carbocycles. The SMILES string of the molecule is C=C(C=O)[C@@H]1CCc2c(C)cc(OCc3ccccc3C#N)c(C)c2[C@@H]1CC. The number of hydrogen-bond acceptors (Lipinski definition) is 3. The molecule has 3 rings (SSSR count). The Balaban J connectivity index is 1.97. The molecular formula is C25H27NO2. The first kappa shape index (κ1) is 19.9. The van der Waals surface area contributed by atoms with Crippen molar-refractivity contribution in [2.24, 2.45) is 5.92 Å². The molecule has 2 aromatic carbocycles. The Bertz CT molecular complexity index is 952. The Hall–Kier alpha value is -2.86. The van der Waals surface area contributed by atoms with Crippen LogP contribution in [-0.2, 0) is 17.8 Å². The zero-order chi connectivity index (χ0) is 20.3. The molecule has 28 heavy (non-hydrogen) atoms. The maximum Gasteiger partial charge on any atom is 0.145 e. The second kappa shape index (κ2) is 8.44. The molecule has 2 aromatic rings. The molecule has 0 amide bonds. The minimum Gasteiger partial charge on any atom is -0.489 e. The summed E-state index contributed by atoms with van der Waals surface area (Å²) in [7, 11) is 0. The molecular weight excluding hydrogens is 346 g/mol. The first-order chi connectivity index (χ1) is 13.5. The fourth-order valence-corrected chi connectivity index (χ4v) is 4.58. The number of rotatable bonds is 6. The fraction of sp³-hybridized carbons (Fsp3) is 0.360. The number of aryl methyl sites for hydroxylation is 1. The monoisotopic (exact) mass is 373 g/mol. The molecule has 2 atom stereocenters. The molecule has 3 heteroatoms. The van der Waals surface area contributed by atoms with Gasteiger partial charge in [0.2, 0.25) is 0 Å². The predicted octanol–water partition coefficient (Wildman–Crippen LogP) is 5.57. The summed E-state index contributed by atoms with van der Waals surface area (Å²) in [5.41, 5.74) is 7.32. The first-order valence-corrected chi connectivity index (χ1v) is 9.89. The summed E-state index contributed by atoms with van der Waals surface area (Å²) in [4.78, 5) is 11.4. The molecule has 0 bridgehead atoms. The molecule has 0 aliphatic heterocycles. The molecule has 0 spiro atoms. The van der Waals surface area contributed by atoms with Crippen LogP contribution >= 0.6 is 0 Å². The lowest BCUT2D eigenvalue weighted by Crippen LogP contribution is -2.24. The van der Waals surface area contributed by atoms with Crippen LogP contribution in [0.5, 0.6) is 5.75 Å². The minimum absolute atomic E-state index is 0.197. The van der Waals surface area contributed by atoms with Gasteiger partial charge in [-0.15, -0.1) is 0 Å².